The lowest BCUT2D eigenvalue weighted by molar-refractivity contribution is 0.106. The van der Waals surface area contributed by atoms with E-state index in [0.717, 1.165) is 30.9 Å². The molecule has 0 aromatic carbocycles. The van der Waals surface area contributed by atoms with E-state index in [1.54, 1.807) is 11.3 Å². The van der Waals surface area contributed by atoms with Crippen LogP contribution in [0.25, 0.3) is 0 Å². The fourth-order valence-corrected chi connectivity index (χ4v) is 2.39. The predicted octanol–water partition coefficient (Wildman–Crippen LogP) is 3.36. The highest BCUT2D eigenvalue weighted by atomic mass is 32.1. The van der Waals surface area contributed by atoms with E-state index in [-0.39, 0.29) is 0 Å². The van der Waals surface area contributed by atoms with Gasteiger partial charge in [0.25, 0.3) is 0 Å². The first-order valence-electron chi connectivity index (χ1n) is 6.64. The molecule has 0 amide bonds. The normalized spacial score (nSPS) is 10.8. The third-order valence-corrected chi connectivity index (χ3v) is 3.52. The second-order valence-electron chi connectivity index (χ2n) is 4.37. The minimum absolute atomic E-state index is 0.569. The topological polar surface area (TPSA) is 34.1 Å². The van der Waals surface area contributed by atoms with E-state index in [0.29, 0.717) is 13.2 Å². The molecule has 1 N–H and O–H groups in total. The van der Waals surface area contributed by atoms with Gasteiger partial charge in [0, 0.05) is 11.4 Å². The molecule has 102 valence electrons. The fourth-order valence-electron chi connectivity index (χ4n) is 1.75. The zero-order chi connectivity index (χ0) is 13.3. The van der Waals surface area contributed by atoms with Gasteiger partial charge in [0.15, 0.2) is 0 Å². The first kappa shape index (κ1) is 14.2. The third-order valence-electron chi connectivity index (χ3n) is 2.67. The second kappa shape index (κ2) is 8.04. The molecule has 0 fully saturated rings. The van der Waals surface area contributed by atoms with Gasteiger partial charge in [-0.15, -0.1) is 11.3 Å². The van der Waals surface area contributed by atoms with Crippen molar-refractivity contribution in [3.63, 3.8) is 0 Å². The summed E-state index contributed by atoms with van der Waals surface area (Å²) in [5.74, 6) is 0. The third kappa shape index (κ3) is 5.11. The standard InChI is InChI=1S/C15H20N2OS/c1-2-8-16-10-13-5-3-6-14(17-13)11-18-12-15-7-4-9-19-15/h3-7,9,16H,2,8,10-12H2,1H3. The van der Waals surface area contributed by atoms with Gasteiger partial charge in [-0.2, -0.15) is 0 Å². The molecule has 0 spiro atoms. The highest BCUT2D eigenvalue weighted by molar-refractivity contribution is 7.09. The summed E-state index contributed by atoms with van der Waals surface area (Å²) in [6, 6.07) is 10.2. The van der Waals surface area contributed by atoms with Gasteiger partial charge in [-0.25, -0.2) is 0 Å². The maximum atomic E-state index is 5.67. The highest BCUT2D eigenvalue weighted by Crippen LogP contribution is 2.11. The Morgan fingerprint density at radius 1 is 1.16 bits per heavy atom. The van der Waals surface area contributed by atoms with Crippen LogP contribution < -0.4 is 5.32 Å². The van der Waals surface area contributed by atoms with Gasteiger partial charge in [-0.3, -0.25) is 4.98 Å². The number of ether oxygens (including phenoxy) is 1. The molecule has 0 aliphatic rings. The van der Waals surface area contributed by atoms with Crippen LogP contribution in [0.15, 0.2) is 35.7 Å². The van der Waals surface area contributed by atoms with E-state index in [2.05, 4.69) is 28.7 Å². The quantitative estimate of drug-likeness (QED) is 0.751. The summed E-state index contributed by atoms with van der Waals surface area (Å²) in [6.07, 6.45) is 1.14. The Hall–Kier alpha value is -1.23. The molecule has 2 heterocycles. The lowest BCUT2D eigenvalue weighted by atomic mass is 10.3. The molecule has 4 heteroatoms. The van der Waals surface area contributed by atoms with Gasteiger partial charge in [-0.05, 0) is 36.5 Å². The average molecular weight is 276 g/mol. The smallest absolute Gasteiger partial charge is 0.0892 e. The lowest BCUT2D eigenvalue weighted by Gasteiger charge is -2.06. The van der Waals surface area contributed by atoms with Crippen LogP contribution in [-0.4, -0.2) is 11.5 Å². The summed E-state index contributed by atoms with van der Waals surface area (Å²) in [7, 11) is 0. The van der Waals surface area contributed by atoms with Crippen molar-refractivity contribution in [3.05, 3.63) is 52.0 Å². The van der Waals surface area contributed by atoms with Gasteiger partial charge >= 0.3 is 0 Å². The van der Waals surface area contributed by atoms with Crippen molar-refractivity contribution < 1.29 is 4.74 Å². The summed E-state index contributed by atoms with van der Waals surface area (Å²) < 4.78 is 5.67. The Morgan fingerprint density at radius 2 is 2.05 bits per heavy atom. The van der Waals surface area contributed by atoms with Crippen molar-refractivity contribution in [2.24, 2.45) is 0 Å². The first-order valence-corrected chi connectivity index (χ1v) is 7.52. The molecule has 0 saturated heterocycles. The Bertz CT molecular complexity index is 471. The summed E-state index contributed by atoms with van der Waals surface area (Å²) in [6.45, 7) is 5.25. The minimum Gasteiger partial charge on any atom is -0.370 e. The molecule has 0 radical (unpaired) electrons. The Labute approximate surface area is 118 Å². The zero-order valence-corrected chi connectivity index (χ0v) is 12.1. The van der Waals surface area contributed by atoms with Gasteiger partial charge in [0.1, 0.15) is 0 Å². The van der Waals surface area contributed by atoms with Crippen LogP contribution in [0.4, 0.5) is 0 Å². The molecule has 0 saturated carbocycles. The van der Waals surface area contributed by atoms with Crippen LogP contribution in [0.5, 0.6) is 0 Å². The van der Waals surface area contributed by atoms with E-state index in [9.17, 15) is 0 Å². The Balaban J connectivity index is 1.78. The zero-order valence-electron chi connectivity index (χ0n) is 11.3. The van der Waals surface area contributed by atoms with Crippen molar-refractivity contribution in [2.75, 3.05) is 6.54 Å². The number of nitrogens with one attached hydrogen (secondary N) is 1. The molecule has 0 aliphatic carbocycles. The SMILES string of the molecule is CCCNCc1cccc(COCc2cccs2)n1. The predicted molar refractivity (Wildman–Crippen MR) is 79.0 cm³/mol. The van der Waals surface area contributed by atoms with Crippen LogP contribution in [0.3, 0.4) is 0 Å². The molecule has 2 aromatic rings. The molecule has 0 atom stereocenters. The summed E-state index contributed by atoms with van der Waals surface area (Å²) in [5.41, 5.74) is 2.07. The molecule has 2 aromatic heterocycles. The number of rotatable bonds is 8. The molecule has 0 aliphatic heterocycles. The first-order chi connectivity index (χ1) is 9.38. The molecular formula is C15H20N2OS. The number of nitrogens with zero attached hydrogens (tertiary/aromatic N) is 1. The summed E-state index contributed by atoms with van der Waals surface area (Å²) in [4.78, 5) is 5.83. The fraction of sp³-hybridized carbons (Fsp3) is 0.400. The summed E-state index contributed by atoms with van der Waals surface area (Å²) >= 11 is 1.72. The Kier molecular flexibility index (Phi) is 6.01. The summed E-state index contributed by atoms with van der Waals surface area (Å²) in [5, 5.41) is 5.42. The maximum absolute atomic E-state index is 5.67. The van der Waals surface area contributed by atoms with E-state index in [1.807, 2.05) is 24.3 Å². The van der Waals surface area contributed by atoms with Crippen molar-refractivity contribution >= 4 is 11.3 Å². The molecule has 0 unspecified atom stereocenters. The molecular weight excluding hydrogens is 256 g/mol. The molecule has 0 bridgehead atoms. The van der Waals surface area contributed by atoms with E-state index in [1.165, 1.54) is 4.88 Å². The van der Waals surface area contributed by atoms with Crippen molar-refractivity contribution in [2.45, 2.75) is 33.1 Å². The van der Waals surface area contributed by atoms with E-state index >= 15 is 0 Å². The van der Waals surface area contributed by atoms with E-state index < -0.39 is 0 Å². The maximum Gasteiger partial charge on any atom is 0.0892 e. The van der Waals surface area contributed by atoms with Crippen LogP contribution in [0.2, 0.25) is 0 Å². The molecule has 3 nitrogen and oxygen atoms in total. The minimum atomic E-state index is 0.569. The van der Waals surface area contributed by atoms with Crippen LogP contribution in [0, 0.1) is 0 Å². The van der Waals surface area contributed by atoms with Crippen molar-refractivity contribution in [1.29, 1.82) is 0 Å². The van der Waals surface area contributed by atoms with Crippen LogP contribution in [-0.2, 0) is 24.5 Å². The lowest BCUT2D eigenvalue weighted by Crippen LogP contribution is -2.15. The molecule has 19 heavy (non-hydrogen) atoms. The van der Waals surface area contributed by atoms with Crippen LogP contribution in [0.1, 0.15) is 29.6 Å². The highest BCUT2D eigenvalue weighted by Gasteiger charge is 1.99. The number of thiophene rings is 1. The van der Waals surface area contributed by atoms with Crippen molar-refractivity contribution in [3.8, 4) is 0 Å². The largest absolute Gasteiger partial charge is 0.370 e. The number of aromatic nitrogens is 1. The number of hydrogen-bond acceptors (Lipinski definition) is 4. The number of pyridine rings is 1. The van der Waals surface area contributed by atoms with Crippen molar-refractivity contribution in [1.82, 2.24) is 10.3 Å². The number of hydrogen-bond donors (Lipinski definition) is 1. The van der Waals surface area contributed by atoms with E-state index in [4.69, 9.17) is 4.74 Å². The molecule has 2 rings (SSSR count). The van der Waals surface area contributed by atoms with Gasteiger partial charge in [0.2, 0.25) is 0 Å². The Morgan fingerprint density at radius 3 is 2.84 bits per heavy atom. The van der Waals surface area contributed by atoms with Gasteiger partial charge in [0.05, 0.1) is 24.6 Å². The second-order valence-corrected chi connectivity index (χ2v) is 5.40. The van der Waals surface area contributed by atoms with Crippen LogP contribution >= 0.6 is 11.3 Å². The van der Waals surface area contributed by atoms with Gasteiger partial charge in [-0.1, -0.05) is 19.1 Å². The van der Waals surface area contributed by atoms with Gasteiger partial charge < -0.3 is 10.1 Å². The average Bonchev–Trinajstić information content (AvgIpc) is 2.93. The monoisotopic (exact) mass is 276 g/mol.